The van der Waals surface area contributed by atoms with Crippen LogP contribution in [-0.4, -0.2) is 34.0 Å². The molecule has 0 amide bonds. The van der Waals surface area contributed by atoms with E-state index >= 15 is 0 Å². The number of nitrogens with zero attached hydrogens (tertiary/aromatic N) is 3. The molecule has 0 aliphatic carbocycles. The fraction of sp³-hybridized carbons (Fsp3) is 0.500. The molecule has 2 aromatic rings. The summed E-state index contributed by atoms with van der Waals surface area (Å²) in [4.78, 5) is 2.23. The summed E-state index contributed by atoms with van der Waals surface area (Å²) in [5.41, 5.74) is 0.646. The Morgan fingerprint density at radius 3 is 3.00 bits per heavy atom. The normalized spacial score (nSPS) is 19.6. The minimum Gasteiger partial charge on any atom is -0.393 e. The molecule has 118 valence electrons. The molecule has 2 atom stereocenters. The molecule has 0 spiro atoms. The lowest BCUT2D eigenvalue weighted by Crippen LogP contribution is -2.31. The lowest BCUT2D eigenvalue weighted by atomic mass is 10.1. The molecule has 1 aliphatic rings. The first-order chi connectivity index (χ1) is 10.6. The van der Waals surface area contributed by atoms with Crippen LogP contribution in [0.2, 0.25) is 0 Å². The number of anilines is 1. The van der Waals surface area contributed by atoms with Crippen LogP contribution >= 0.6 is 11.3 Å². The molecule has 0 saturated carbocycles. The van der Waals surface area contributed by atoms with E-state index in [1.54, 1.807) is 12.1 Å². The van der Waals surface area contributed by atoms with Gasteiger partial charge in [0.05, 0.1) is 6.10 Å². The Balaban J connectivity index is 1.72. The maximum Gasteiger partial charge on any atom is 0.208 e. The molecular weight excluding hydrogens is 301 g/mol. The summed E-state index contributed by atoms with van der Waals surface area (Å²) in [6.45, 7) is 2.77. The molecule has 1 saturated heterocycles. The number of benzene rings is 1. The van der Waals surface area contributed by atoms with E-state index in [1.165, 1.54) is 17.4 Å². The summed E-state index contributed by atoms with van der Waals surface area (Å²) in [7, 11) is 0. The lowest BCUT2D eigenvalue weighted by Gasteiger charge is -2.24. The van der Waals surface area contributed by atoms with Crippen LogP contribution in [0.15, 0.2) is 24.3 Å². The van der Waals surface area contributed by atoms with Gasteiger partial charge in [-0.15, -0.1) is 10.2 Å². The molecule has 1 aromatic heterocycles. The van der Waals surface area contributed by atoms with Gasteiger partial charge in [0.2, 0.25) is 5.13 Å². The van der Waals surface area contributed by atoms with E-state index < -0.39 is 0 Å². The predicted molar refractivity (Wildman–Crippen MR) is 85.8 cm³/mol. The molecule has 4 nitrogen and oxygen atoms in total. The highest BCUT2D eigenvalue weighted by molar-refractivity contribution is 7.15. The largest absolute Gasteiger partial charge is 0.393 e. The van der Waals surface area contributed by atoms with Crippen LogP contribution < -0.4 is 4.90 Å². The molecule has 2 unspecified atom stereocenters. The predicted octanol–water partition coefficient (Wildman–Crippen LogP) is 3.01. The summed E-state index contributed by atoms with van der Waals surface area (Å²) in [6, 6.07) is 7.10. The van der Waals surface area contributed by atoms with E-state index in [2.05, 4.69) is 15.1 Å². The highest BCUT2D eigenvalue weighted by atomic mass is 32.1. The number of aliphatic hydroxyl groups is 1. The van der Waals surface area contributed by atoms with Crippen molar-refractivity contribution in [1.29, 1.82) is 0 Å². The van der Waals surface area contributed by atoms with Crippen molar-refractivity contribution in [3.8, 4) is 0 Å². The second-order valence-electron chi connectivity index (χ2n) is 5.82. The maximum atomic E-state index is 13.7. The monoisotopic (exact) mass is 321 g/mol. The highest BCUT2D eigenvalue weighted by Gasteiger charge is 2.28. The van der Waals surface area contributed by atoms with Gasteiger partial charge in [0, 0.05) is 19.0 Å². The van der Waals surface area contributed by atoms with Crippen LogP contribution in [-0.2, 0) is 6.42 Å². The number of aromatic nitrogens is 2. The zero-order valence-corrected chi connectivity index (χ0v) is 13.4. The highest BCUT2D eigenvalue weighted by Crippen LogP contribution is 2.31. The standard InChI is InChI=1S/C16H20FN3OS/c1-11(21)9-13-6-4-8-20(13)16-19-18-15(22-16)10-12-5-2-3-7-14(12)17/h2-3,5,7,11,13,21H,4,6,8-10H2,1H3. The van der Waals surface area contributed by atoms with Gasteiger partial charge in [-0.05, 0) is 37.8 Å². The lowest BCUT2D eigenvalue weighted by molar-refractivity contribution is 0.175. The number of hydrogen-bond donors (Lipinski definition) is 1. The van der Waals surface area contributed by atoms with Crippen LogP contribution in [0.1, 0.15) is 36.8 Å². The van der Waals surface area contributed by atoms with Crippen molar-refractivity contribution in [2.75, 3.05) is 11.4 Å². The summed E-state index contributed by atoms with van der Waals surface area (Å²) in [5, 5.41) is 19.8. The Hall–Kier alpha value is -1.53. The van der Waals surface area contributed by atoms with Gasteiger partial charge >= 0.3 is 0 Å². The van der Waals surface area contributed by atoms with E-state index in [0.717, 1.165) is 35.9 Å². The third-order valence-corrected chi connectivity index (χ3v) is 4.95. The smallest absolute Gasteiger partial charge is 0.208 e. The van der Waals surface area contributed by atoms with Crippen molar-refractivity contribution in [1.82, 2.24) is 10.2 Å². The van der Waals surface area contributed by atoms with E-state index in [-0.39, 0.29) is 11.9 Å². The Morgan fingerprint density at radius 2 is 2.23 bits per heavy atom. The third kappa shape index (κ3) is 3.44. The van der Waals surface area contributed by atoms with Crippen LogP contribution in [0.5, 0.6) is 0 Å². The van der Waals surface area contributed by atoms with Gasteiger partial charge in [-0.1, -0.05) is 29.5 Å². The van der Waals surface area contributed by atoms with Gasteiger partial charge in [0.15, 0.2) is 0 Å². The van der Waals surface area contributed by atoms with Gasteiger partial charge in [0.25, 0.3) is 0 Å². The molecule has 22 heavy (non-hydrogen) atoms. The van der Waals surface area contributed by atoms with E-state index in [4.69, 9.17) is 0 Å². The average Bonchev–Trinajstić information content (AvgIpc) is 3.10. The second-order valence-corrected chi connectivity index (χ2v) is 6.86. The minimum atomic E-state index is -0.309. The molecular formula is C16H20FN3OS. The van der Waals surface area contributed by atoms with Crippen molar-refractivity contribution in [3.05, 3.63) is 40.7 Å². The van der Waals surface area contributed by atoms with Gasteiger partial charge in [-0.2, -0.15) is 0 Å². The second kappa shape index (κ2) is 6.71. The van der Waals surface area contributed by atoms with E-state index in [0.29, 0.717) is 18.0 Å². The Morgan fingerprint density at radius 1 is 1.41 bits per heavy atom. The first-order valence-electron chi connectivity index (χ1n) is 7.64. The fourth-order valence-corrected chi connectivity index (χ4v) is 3.92. The molecule has 0 radical (unpaired) electrons. The number of halogens is 1. The van der Waals surface area contributed by atoms with Crippen LogP contribution in [0.3, 0.4) is 0 Å². The zero-order valence-electron chi connectivity index (χ0n) is 12.6. The van der Waals surface area contributed by atoms with Crippen LogP contribution in [0.25, 0.3) is 0 Å². The third-order valence-electron chi connectivity index (χ3n) is 3.99. The number of rotatable bonds is 5. The number of aliphatic hydroxyl groups excluding tert-OH is 1. The molecule has 2 heterocycles. The minimum absolute atomic E-state index is 0.201. The summed E-state index contributed by atoms with van der Waals surface area (Å²) < 4.78 is 13.7. The van der Waals surface area contributed by atoms with Crippen molar-refractivity contribution in [2.24, 2.45) is 0 Å². The molecule has 1 fully saturated rings. The van der Waals surface area contributed by atoms with Crippen LogP contribution in [0.4, 0.5) is 9.52 Å². The first kappa shape index (κ1) is 15.4. The average molecular weight is 321 g/mol. The quantitative estimate of drug-likeness (QED) is 0.920. The van der Waals surface area contributed by atoms with Crippen LogP contribution in [0, 0.1) is 5.82 Å². The van der Waals surface area contributed by atoms with Crippen molar-refractivity contribution >= 4 is 16.5 Å². The molecule has 1 aliphatic heterocycles. The first-order valence-corrected chi connectivity index (χ1v) is 8.45. The van der Waals surface area contributed by atoms with Crippen molar-refractivity contribution in [2.45, 2.75) is 44.8 Å². The zero-order chi connectivity index (χ0) is 15.5. The van der Waals surface area contributed by atoms with Crippen molar-refractivity contribution in [3.63, 3.8) is 0 Å². The Labute approximate surface area is 133 Å². The van der Waals surface area contributed by atoms with E-state index in [1.807, 2.05) is 13.0 Å². The topological polar surface area (TPSA) is 49.2 Å². The van der Waals surface area contributed by atoms with Gasteiger partial charge < -0.3 is 10.0 Å². The number of hydrogen-bond acceptors (Lipinski definition) is 5. The molecule has 6 heteroatoms. The SMILES string of the molecule is CC(O)CC1CCCN1c1nnc(Cc2ccccc2F)s1. The molecule has 1 aromatic carbocycles. The Bertz CT molecular complexity index is 631. The van der Waals surface area contributed by atoms with Crippen molar-refractivity contribution < 1.29 is 9.50 Å². The van der Waals surface area contributed by atoms with Gasteiger partial charge in [-0.3, -0.25) is 0 Å². The van der Waals surface area contributed by atoms with Gasteiger partial charge in [-0.25, -0.2) is 4.39 Å². The summed E-state index contributed by atoms with van der Waals surface area (Å²) >= 11 is 1.52. The van der Waals surface area contributed by atoms with Gasteiger partial charge in [0.1, 0.15) is 10.8 Å². The molecule has 0 bridgehead atoms. The molecule has 1 N–H and O–H groups in total. The summed E-state index contributed by atoms with van der Waals surface area (Å²) in [6.07, 6.45) is 3.10. The van der Waals surface area contributed by atoms with E-state index in [9.17, 15) is 9.50 Å². The fourth-order valence-electron chi connectivity index (χ4n) is 2.96. The maximum absolute atomic E-state index is 13.7. The summed E-state index contributed by atoms with van der Waals surface area (Å²) in [5.74, 6) is -0.201. The Kier molecular flexibility index (Phi) is 4.69. The molecule has 3 rings (SSSR count).